The first kappa shape index (κ1) is 15.7. The van der Waals surface area contributed by atoms with Crippen molar-refractivity contribution >= 4 is 17.8 Å². The predicted octanol–water partition coefficient (Wildman–Crippen LogP) is 3.04. The van der Waals surface area contributed by atoms with Gasteiger partial charge in [0, 0.05) is 29.8 Å². The Kier molecular flexibility index (Phi) is 5.62. The molecule has 0 spiro atoms. The van der Waals surface area contributed by atoms with E-state index in [4.69, 9.17) is 4.74 Å². The standard InChI is InChI=1S/C17H24N2O2S/c20-17(18-9-11-22-15-4-2-1-3-5-15)19-14-8-10-21-16(12-14)13-6-7-13/h1-5,13-14,16H,6-12H2,(H2,18,19,20)/t14-,16+/m0/s1. The summed E-state index contributed by atoms with van der Waals surface area (Å²) < 4.78 is 5.79. The molecule has 2 N–H and O–H groups in total. The zero-order valence-corrected chi connectivity index (χ0v) is 13.6. The van der Waals surface area contributed by atoms with Crippen molar-refractivity contribution in [2.24, 2.45) is 5.92 Å². The topological polar surface area (TPSA) is 50.4 Å². The lowest BCUT2D eigenvalue weighted by Crippen LogP contribution is -2.47. The Labute approximate surface area is 136 Å². The molecule has 120 valence electrons. The van der Waals surface area contributed by atoms with Gasteiger partial charge in [-0.25, -0.2) is 4.79 Å². The highest BCUT2D eigenvalue weighted by Crippen LogP contribution is 2.38. The molecule has 0 bridgehead atoms. The second-order valence-electron chi connectivity index (χ2n) is 6.03. The van der Waals surface area contributed by atoms with Gasteiger partial charge >= 0.3 is 6.03 Å². The van der Waals surface area contributed by atoms with Crippen LogP contribution < -0.4 is 10.6 Å². The minimum absolute atomic E-state index is 0.0462. The number of ether oxygens (including phenoxy) is 1. The fraction of sp³-hybridized carbons (Fsp3) is 0.588. The van der Waals surface area contributed by atoms with Gasteiger partial charge in [-0.15, -0.1) is 11.8 Å². The Morgan fingerprint density at radius 1 is 1.23 bits per heavy atom. The van der Waals surface area contributed by atoms with Crippen LogP contribution in [0.1, 0.15) is 25.7 Å². The highest BCUT2D eigenvalue weighted by molar-refractivity contribution is 7.99. The third-order valence-electron chi connectivity index (χ3n) is 4.20. The number of hydrogen-bond donors (Lipinski definition) is 2. The van der Waals surface area contributed by atoms with Crippen LogP contribution in [0, 0.1) is 5.92 Å². The second-order valence-corrected chi connectivity index (χ2v) is 7.20. The molecule has 0 radical (unpaired) electrons. The predicted molar refractivity (Wildman–Crippen MR) is 89.2 cm³/mol. The van der Waals surface area contributed by atoms with E-state index in [-0.39, 0.29) is 12.1 Å². The fourth-order valence-corrected chi connectivity index (χ4v) is 3.63. The van der Waals surface area contributed by atoms with Gasteiger partial charge in [-0.3, -0.25) is 0 Å². The van der Waals surface area contributed by atoms with Gasteiger partial charge in [0.05, 0.1) is 6.10 Å². The van der Waals surface area contributed by atoms with Crippen molar-refractivity contribution in [3.63, 3.8) is 0 Å². The van der Waals surface area contributed by atoms with E-state index in [2.05, 4.69) is 22.8 Å². The number of thioether (sulfide) groups is 1. The molecule has 0 aromatic heterocycles. The number of benzene rings is 1. The molecule has 1 aromatic rings. The van der Waals surface area contributed by atoms with Crippen molar-refractivity contribution in [3.8, 4) is 0 Å². The van der Waals surface area contributed by atoms with E-state index in [1.807, 2.05) is 18.2 Å². The average Bonchev–Trinajstić information content (AvgIpc) is 3.38. The van der Waals surface area contributed by atoms with Gasteiger partial charge < -0.3 is 15.4 Å². The lowest BCUT2D eigenvalue weighted by atomic mass is 10.0. The molecule has 4 nitrogen and oxygen atoms in total. The maximum absolute atomic E-state index is 11.9. The van der Waals surface area contributed by atoms with Crippen LogP contribution in [0.25, 0.3) is 0 Å². The van der Waals surface area contributed by atoms with Crippen LogP contribution in [0.15, 0.2) is 35.2 Å². The zero-order chi connectivity index (χ0) is 15.2. The summed E-state index contributed by atoms with van der Waals surface area (Å²) >= 11 is 1.76. The van der Waals surface area contributed by atoms with E-state index < -0.39 is 0 Å². The van der Waals surface area contributed by atoms with Gasteiger partial charge in [-0.2, -0.15) is 0 Å². The van der Waals surface area contributed by atoms with Gasteiger partial charge in [-0.1, -0.05) is 18.2 Å². The summed E-state index contributed by atoms with van der Waals surface area (Å²) in [6.07, 6.45) is 4.85. The summed E-state index contributed by atoms with van der Waals surface area (Å²) in [6.45, 7) is 1.46. The Balaban J connectivity index is 1.30. The number of amides is 2. The normalized spacial score (nSPS) is 24.7. The lowest BCUT2D eigenvalue weighted by Gasteiger charge is -2.30. The Morgan fingerprint density at radius 3 is 2.82 bits per heavy atom. The maximum Gasteiger partial charge on any atom is 0.315 e. The molecule has 22 heavy (non-hydrogen) atoms. The third-order valence-corrected chi connectivity index (χ3v) is 5.21. The van der Waals surface area contributed by atoms with E-state index in [0.717, 1.165) is 31.1 Å². The highest BCUT2D eigenvalue weighted by atomic mass is 32.2. The van der Waals surface area contributed by atoms with Crippen molar-refractivity contribution in [1.29, 1.82) is 0 Å². The van der Waals surface area contributed by atoms with Crippen LogP contribution in [0.2, 0.25) is 0 Å². The van der Waals surface area contributed by atoms with E-state index in [9.17, 15) is 4.79 Å². The van der Waals surface area contributed by atoms with Crippen LogP contribution in [0.3, 0.4) is 0 Å². The molecule has 3 rings (SSSR count). The molecule has 2 amide bonds. The van der Waals surface area contributed by atoms with Crippen LogP contribution >= 0.6 is 11.8 Å². The fourth-order valence-electron chi connectivity index (χ4n) is 2.84. The molecule has 1 saturated heterocycles. The van der Waals surface area contributed by atoms with E-state index in [0.29, 0.717) is 12.6 Å². The summed E-state index contributed by atoms with van der Waals surface area (Å²) in [7, 11) is 0. The lowest BCUT2D eigenvalue weighted by molar-refractivity contribution is -0.00912. The minimum Gasteiger partial charge on any atom is -0.378 e. The number of carbonyl (C=O) groups is 1. The number of nitrogens with one attached hydrogen (secondary N) is 2. The summed E-state index contributed by atoms with van der Waals surface area (Å²) in [5.41, 5.74) is 0. The van der Waals surface area contributed by atoms with Gasteiger partial charge in [0.15, 0.2) is 0 Å². The van der Waals surface area contributed by atoms with E-state index in [1.54, 1.807) is 11.8 Å². The number of carbonyl (C=O) groups excluding carboxylic acids is 1. The van der Waals surface area contributed by atoms with Crippen molar-refractivity contribution in [3.05, 3.63) is 30.3 Å². The number of rotatable bonds is 6. The molecular formula is C17H24N2O2S. The van der Waals surface area contributed by atoms with E-state index >= 15 is 0 Å². The summed E-state index contributed by atoms with van der Waals surface area (Å²) in [4.78, 5) is 13.2. The Morgan fingerprint density at radius 2 is 2.05 bits per heavy atom. The molecular weight excluding hydrogens is 296 g/mol. The van der Waals surface area contributed by atoms with Crippen LogP contribution in [0.5, 0.6) is 0 Å². The zero-order valence-electron chi connectivity index (χ0n) is 12.8. The first-order chi connectivity index (χ1) is 10.8. The molecule has 1 heterocycles. The Bertz CT molecular complexity index is 479. The van der Waals surface area contributed by atoms with Crippen molar-refractivity contribution in [2.75, 3.05) is 18.9 Å². The van der Waals surface area contributed by atoms with Gasteiger partial charge in [0.25, 0.3) is 0 Å². The first-order valence-electron chi connectivity index (χ1n) is 8.15. The van der Waals surface area contributed by atoms with E-state index in [1.165, 1.54) is 17.7 Å². The smallest absolute Gasteiger partial charge is 0.315 e. The molecule has 2 atom stereocenters. The van der Waals surface area contributed by atoms with Crippen molar-refractivity contribution < 1.29 is 9.53 Å². The average molecular weight is 320 g/mol. The summed E-state index contributed by atoms with van der Waals surface area (Å²) in [5, 5.41) is 6.04. The van der Waals surface area contributed by atoms with Gasteiger partial charge in [0.2, 0.25) is 0 Å². The van der Waals surface area contributed by atoms with Crippen LogP contribution in [0.4, 0.5) is 4.79 Å². The monoisotopic (exact) mass is 320 g/mol. The first-order valence-corrected chi connectivity index (χ1v) is 9.13. The molecule has 1 aliphatic carbocycles. The van der Waals surface area contributed by atoms with Gasteiger partial charge in [-0.05, 0) is 43.7 Å². The van der Waals surface area contributed by atoms with Gasteiger partial charge in [0.1, 0.15) is 0 Å². The maximum atomic E-state index is 11.9. The molecule has 5 heteroatoms. The molecule has 1 aromatic carbocycles. The summed E-state index contributed by atoms with van der Waals surface area (Å²) in [5.74, 6) is 1.63. The number of urea groups is 1. The molecule has 1 aliphatic heterocycles. The molecule has 2 aliphatic rings. The minimum atomic E-state index is -0.0462. The SMILES string of the molecule is O=C(NCCSc1ccccc1)N[C@H]1CCO[C@@H](C2CC2)C1. The van der Waals surface area contributed by atoms with Crippen LogP contribution in [-0.2, 0) is 4.74 Å². The molecule has 0 unspecified atom stereocenters. The van der Waals surface area contributed by atoms with Crippen molar-refractivity contribution in [1.82, 2.24) is 10.6 Å². The van der Waals surface area contributed by atoms with Crippen LogP contribution in [-0.4, -0.2) is 37.1 Å². The second kappa shape index (κ2) is 7.88. The number of hydrogen-bond acceptors (Lipinski definition) is 3. The summed E-state index contributed by atoms with van der Waals surface area (Å²) in [6, 6.07) is 10.5. The Hall–Kier alpha value is -1.20. The highest BCUT2D eigenvalue weighted by Gasteiger charge is 2.36. The largest absolute Gasteiger partial charge is 0.378 e. The third kappa shape index (κ3) is 4.92. The molecule has 2 fully saturated rings. The quantitative estimate of drug-likeness (QED) is 0.626. The molecule has 1 saturated carbocycles. The van der Waals surface area contributed by atoms with Crippen molar-refractivity contribution in [2.45, 2.75) is 42.7 Å².